The molecular formula is C13H22N2O2. The van der Waals surface area contributed by atoms with Crippen LogP contribution < -0.4 is 10.6 Å². The molecule has 2 N–H and O–H groups in total. The molecule has 1 unspecified atom stereocenters. The summed E-state index contributed by atoms with van der Waals surface area (Å²) in [6.45, 7) is 3.22. The van der Waals surface area contributed by atoms with Crippen molar-refractivity contribution in [3.8, 4) is 0 Å². The van der Waals surface area contributed by atoms with Gasteiger partial charge in [-0.3, -0.25) is 0 Å². The molecule has 0 aliphatic carbocycles. The Bertz CT molecular complexity index is 280. The molecule has 96 valence electrons. The van der Waals surface area contributed by atoms with Gasteiger partial charge in [0.2, 0.25) is 0 Å². The summed E-state index contributed by atoms with van der Waals surface area (Å²) >= 11 is 0. The van der Waals surface area contributed by atoms with Gasteiger partial charge < -0.3 is 20.1 Å². The lowest BCUT2D eigenvalue weighted by Crippen LogP contribution is -2.34. The van der Waals surface area contributed by atoms with Crippen LogP contribution in [0.25, 0.3) is 0 Å². The monoisotopic (exact) mass is 238 g/mol. The largest absolute Gasteiger partial charge is 0.384 e. The van der Waals surface area contributed by atoms with Crippen LogP contribution in [0.4, 0.5) is 5.69 Å². The molecule has 1 rings (SSSR count). The molecule has 0 radical (unpaired) electrons. The molecular weight excluding hydrogens is 216 g/mol. The third kappa shape index (κ3) is 6.26. The summed E-state index contributed by atoms with van der Waals surface area (Å²) in [4.78, 5) is 0. The number of anilines is 1. The Hall–Kier alpha value is -1.10. The fourth-order valence-corrected chi connectivity index (χ4v) is 1.51. The van der Waals surface area contributed by atoms with Crippen LogP contribution in [0.15, 0.2) is 30.3 Å². The Morgan fingerprint density at radius 3 is 2.53 bits per heavy atom. The lowest BCUT2D eigenvalue weighted by Gasteiger charge is -2.15. The first-order valence-electron chi connectivity index (χ1n) is 5.88. The van der Waals surface area contributed by atoms with E-state index in [2.05, 4.69) is 22.8 Å². The third-order valence-electron chi connectivity index (χ3n) is 2.46. The van der Waals surface area contributed by atoms with Crippen LogP contribution in [0, 0.1) is 0 Å². The number of rotatable bonds is 9. The lowest BCUT2D eigenvalue weighted by atomic mass is 10.3. The zero-order chi connectivity index (χ0) is 12.3. The van der Waals surface area contributed by atoms with E-state index in [0.717, 1.165) is 25.3 Å². The van der Waals surface area contributed by atoms with Crippen LogP contribution in [0.2, 0.25) is 0 Å². The molecule has 0 aliphatic rings. The van der Waals surface area contributed by atoms with Crippen molar-refractivity contribution >= 4 is 5.69 Å². The van der Waals surface area contributed by atoms with Crippen LogP contribution in [-0.2, 0) is 9.47 Å². The maximum absolute atomic E-state index is 5.25. The maximum atomic E-state index is 5.25. The van der Waals surface area contributed by atoms with E-state index < -0.39 is 0 Å². The molecule has 1 aromatic carbocycles. The molecule has 0 amide bonds. The van der Waals surface area contributed by atoms with E-state index in [1.807, 2.05) is 18.2 Å². The van der Waals surface area contributed by atoms with Crippen molar-refractivity contribution in [2.75, 3.05) is 45.8 Å². The summed E-state index contributed by atoms with van der Waals surface area (Å²) in [7, 11) is 3.39. The Kier molecular flexibility index (Phi) is 7.38. The number of methoxy groups -OCH3 is 2. The highest BCUT2D eigenvalue weighted by Gasteiger charge is 2.04. The van der Waals surface area contributed by atoms with Gasteiger partial charge in [0, 0.05) is 39.5 Å². The molecule has 0 spiro atoms. The van der Waals surface area contributed by atoms with Crippen LogP contribution >= 0.6 is 0 Å². The molecule has 4 heteroatoms. The summed E-state index contributed by atoms with van der Waals surface area (Å²) in [6, 6.07) is 10.2. The van der Waals surface area contributed by atoms with E-state index in [1.54, 1.807) is 14.2 Å². The molecule has 0 saturated heterocycles. The topological polar surface area (TPSA) is 42.5 Å². The second-order valence-electron chi connectivity index (χ2n) is 3.81. The first-order valence-corrected chi connectivity index (χ1v) is 5.88. The standard InChI is InChI=1S/C13H22N2O2/c1-16-11-13(17-2)10-14-8-9-15-12-6-4-3-5-7-12/h3-7,13-15H,8-11H2,1-2H3. The molecule has 1 atom stereocenters. The van der Waals surface area contributed by atoms with Crippen molar-refractivity contribution in [2.24, 2.45) is 0 Å². The number of para-hydroxylation sites is 1. The van der Waals surface area contributed by atoms with Crippen molar-refractivity contribution in [2.45, 2.75) is 6.10 Å². The van der Waals surface area contributed by atoms with Crippen molar-refractivity contribution < 1.29 is 9.47 Å². The maximum Gasteiger partial charge on any atom is 0.0928 e. The molecule has 4 nitrogen and oxygen atoms in total. The second-order valence-corrected chi connectivity index (χ2v) is 3.81. The lowest BCUT2D eigenvalue weighted by molar-refractivity contribution is 0.0292. The predicted octanol–water partition coefficient (Wildman–Crippen LogP) is 1.35. The Balaban J connectivity index is 2.04. The minimum absolute atomic E-state index is 0.122. The van der Waals surface area contributed by atoms with E-state index in [9.17, 15) is 0 Å². The number of ether oxygens (including phenoxy) is 2. The minimum Gasteiger partial charge on any atom is -0.384 e. The molecule has 0 saturated carbocycles. The third-order valence-corrected chi connectivity index (χ3v) is 2.46. The molecule has 0 fully saturated rings. The summed E-state index contributed by atoms with van der Waals surface area (Å²) in [5.41, 5.74) is 1.15. The number of hydrogen-bond acceptors (Lipinski definition) is 4. The summed E-state index contributed by atoms with van der Waals surface area (Å²) < 4.78 is 10.3. The molecule has 0 aromatic heterocycles. The summed E-state index contributed by atoms with van der Waals surface area (Å²) in [5, 5.41) is 6.66. The van der Waals surface area contributed by atoms with Gasteiger partial charge in [-0.1, -0.05) is 18.2 Å². The summed E-state index contributed by atoms with van der Waals surface area (Å²) in [6.07, 6.45) is 0.122. The highest BCUT2D eigenvalue weighted by atomic mass is 16.5. The van der Waals surface area contributed by atoms with Crippen LogP contribution in [0.3, 0.4) is 0 Å². The van der Waals surface area contributed by atoms with Gasteiger partial charge in [-0.15, -0.1) is 0 Å². The average molecular weight is 238 g/mol. The van der Waals surface area contributed by atoms with Gasteiger partial charge in [0.05, 0.1) is 12.7 Å². The SMILES string of the molecule is COCC(CNCCNc1ccccc1)OC. The number of nitrogens with one attached hydrogen (secondary N) is 2. The van der Waals surface area contributed by atoms with Gasteiger partial charge in [-0.05, 0) is 12.1 Å². The van der Waals surface area contributed by atoms with Gasteiger partial charge in [-0.25, -0.2) is 0 Å². The van der Waals surface area contributed by atoms with Crippen LogP contribution in [-0.4, -0.2) is 46.6 Å². The van der Waals surface area contributed by atoms with Crippen molar-refractivity contribution in [1.29, 1.82) is 0 Å². The van der Waals surface area contributed by atoms with Gasteiger partial charge in [0.15, 0.2) is 0 Å². The van der Waals surface area contributed by atoms with Gasteiger partial charge in [0.25, 0.3) is 0 Å². The fraction of sp³-hybridized carbons (Fsp3) is 0.538. The Morgan fingerprint density at radius 1 is 1.12 bits per heavy atom. The number of benzene rings is 1. The van der Waals surface area contributed by atoms with Gasteiger partial charge in [0.1, 0.15) is 0 Å². The van der Waals surface area contributed by atoms with E-state index in [0.29, 0.717) is 6.61 Å². The first-order chi connectivity index (χ1) is 8.36. The molecule has 17 heavy (non-hydrogen) atoms. The second kappa shape index (κ2) is 8.98. The van der Waals surface area contributed by atoms with Crippen LogP contribution in [0.1, 0.15) is 0 Å². The van der Waals surface area contributed by atoms with E-state index in [1.165, 1.54) is 0 Å². The summed E-state index contributed by atoms with van der Waals surface area (Å²) in [5.74, 6) is 0. The van der Waals surface area contributed by atoms with Crippen molar-refractivity contribution in [3.05, 3.63) is 30.3 Å². The Morgan fingerprint density at radius 2 is 1.88 bits per heavy atom. The highest BCUT2D eigenvalue weighted by Crippen LogP contribution is 2.03. The van der Waals surface area contributed by atoms with E-state index in [4.69, 9.17) is 9.47 Å². The molecule has 0 aliphatic heterocycles. The first kappa shape index (κ1) is 14.0. The Labute approximate surface area is 103 Å². The molecule has 0 heterocycles. The molecule has 0 bridgehead atoms. The average Bonchev–Trinajstić information content (AvgIpc) is 2.38. The van der Waals surface area contributed by atoms with E-state index >= 15 is 0 Å². The normalized spacial score (nSPS) is 12.4. The zero-order valence-corrected chi connectivity index (χ0v) is 10.6. The van der Waals surface area contributed by atoms with Crippen LogP contribution in [0.5, 0.6) is 0 Å². The minimum atomic E-state index is 0.122. The van der Waals surface area contributed by atoms with Crippen molar-refractivity contribution in [1.82, 2.24) is 5.32 Å². The zero-order valence-electron chi connectivity index (χ0n) is 10.6. The van der Waals surface area contributed by atoms with Gasteiger partial charge >= 0.3 is 0 Å². The quantitative estimate of drug-likeness (QED) is 0.637. The predicted molar refractivity (Wildman–Crippen MR) is 70.5 cm³/mol. The smallest absolute Gasteiger partial charge is 0.0928 e. The van der Waals surface area contributed by atoms with E-state index in [-0.39, 0.29) is 6.10 Å². The van der Waals surface area contributed by atoms with Gasteiger partial charge in [-0.2, -0.15) is 0 Å². The van der Waals surface area contributed by atoms with Crippen molar-refractivity contribution in [3.63, 3.8) is 0 Å². The molecule has 1 aromatic rings. The highest BCUT2D eigenvalue weighted by molar-refractivity contribution is 5.42. The number of hydrogen-bond donors (Lipinski definition) is 2. The fourth-order valence-electron chi connectivity index (χ4n) is 1.51.